The molecule has 3 rings (SSSR count). The van der Waals surface area contributed by atoms with Gasteiger partial charge in [0.1, 0.15) is 5.69 Å². The average molecular weight is 324 g/mol. The molecule has 2 aromatic rings. The Balaban J connectivity index is 1.83. The van der Waals surface area contributed by atoms with E-state index in [2.05, 4.69) is 22.2 Å². The summed E-state index contributed by atoms with van der Waals surface area (Å²) in [6.45, 7) is 7.73. The second-order valence-corrected chi connectivity index (χ2v) is 6.66. The van der Waals surface area contributed by atoms with Gasteiger partial charge in [-0.3, -0.25) is 4.79 Å². The van der Waals surface area contributed by atoms with Crippen molar-refractivity contribution in [1.82, 2.24) is 14.9 Å². The van der Waals surface area contributed by atoms with Crippen LogP contribution in [0.3, 0.4) is 0 Å². The lowest BCUT2D eigenvalue weighted by Gasteiger charge is -2.30. The van der Waals surface area contributed by atoms with Gasteiger partial charge >= 0.3 is 0 Å². The van der Waals surface area contributed by atoms with Crippen LogP contribution in [0.15, 0.2) is 30.3 Å². The molecule has 5 nitrogen and oxygen atoms in total. The molecule has 126 valence electrons. The summed E-state index contributed by atoms with van der Waals surface area (Å²) in [5, 5.41) is 3.23. The quantitative estimate of drug-likeness (QED) is 0.935. The SMILES string of the molecule is Cc1cc(C(=O)N2CCCC(C)C2)nc(Nc2ccccc2C)n1. The Labute approximate surface area is 143 Å². The lowest BCUT2D eigenvalue weighted by Crippen LogP contribution is -2.39. The zero-order valence-electron chi connectivity index (χ0n) is 14.5. The number of nitrogens with zero attached hydrogens (tertiary/aromatic N) is 3. The smallest absolute Gasteiger partial charge is 0.272 e. The summed E-state index contributed by atoms with van der Waals surface area (Å²) in [6, 6.07) is 9.73. The number of rotatable bonds is 3. The second kappa shape index (κ2) is 6.99. The van der Waals surface area contributed by atoms with Crippen molar-refractivity contribution < 1.29 is 4.79 Å². The summed E-state index contributed by atoms with van der Waals surface area (Å²) in [6.07, 6.45) is 2.25. The van der Waals surface area contributed by atoms with Gasteiger partial charge in [0.2, 0.25) is 5.95 Å². The van der Waals surface area contributed by atoms with E-state index in [0.717, 1.165) is 36.5 Å². The molecule has 1 saturated heterocycles. The number of carbonyl (C=O) groups excluding carboxylic acids is 1. The first-order chi connectivity index (χ1) is 11.5. The van der Waals surface area contributed by atoms with Crippen LogP contribution >= 0.6 is 0 Å². The number of carbonyl (C=O) groups is 1. The molecule has 1 N–H and O–H groups in total. The third-order valence-corrected chi connectivity index (χ3v) is 4.41. The summed E-state index contributed by atoms with van der Waals surface area (Å²) < 4.78 is 0. The van der Waals surface area contributed by atoms with Crippen molar-refractivity contribution in [3.63, 3.8) is 0 Å². The van der Waals surface area contributed by atoms with Crippen molar-refractivity contribution in [1.29, 1.82) is 0 Å². The number of likely N-dealkylation sites (tertiary alicyclic amines) is 1. The summed E-state index contributed by atoms with van der Waals surface area (Å²) in [5.41, 5.74) is 3.32. The minimum atomic E-state index is -0.000108. The van der Waals surface area contributed by atoms with Crippen molar-refractivity contribution in [2.45, 2.75) is 33.6 Å². The number of nitrogens with one attached hydrogen (secondary N) is 1. The molecule has 1 fully saturated rings. The molecule has 1 amide bonds. The standard InChI is InChI=1S/C19H24N4O/c1-13-7-6-10-23(12-13)18(24)17-11-15(3)20-19(22-17)21-16-9-5-4-8-14(16)2/h4-5,8-9,11,13H,6-7,10,12H2,1-3H3,(H,20,21,22). The van der Waals surface area contributed by atoms with Gasteiger partial charge in [0.25, 0.3) is 5.91 Å². The van der Waals surface area contributed by atoms with Crippen LogP contribution in [0.1, 0.15) is 41.5 Å². The van der Waals surface area contributed by atoms with Crippen LogP contribution in [-0.4, -0.2) is 33.9 Å². The van der Waals surface area contributed by atoms with Gasteiger partial charge in [-0.15, -0.1) is 0 Å². The van der Waals surface area contributed by atoms with Gasteiger partial charge in [0.05, 0.1) is 0 Å². The number of aromatic nitrogens is 2. The number of aryl methyl sites for hydroxylation is 2. The van der Waals surface area contributed by atoms with Crippen LogP contribution < -0.4 is 5.32 Å². The number of piperidine rings is 1. The fourth-order valence-corrected chi connectivity index (χ4v) is 3.10. The highest BCUT2D eigenvalue weighted by Crippen LogP contribution is 2.20. The third-order valence-electron chi connectivity index (χ3n) is 4.41. The van der Waals surface area contributed by atoms with Crippen LogP contribution in [0.5, 0.6) is 0 Å². The van der Waals surface area contributed by atoms with Crippen molar-refractivity contribution in [2.24, 2.45) is 5.92 Å². The predicted octanol–water partition coefficient (Wildman–Crippen LogP) is 3.71. The molecule has 1 aromatic heterocycles. The van der Waals surface area contributed by atoms with E-state index >= 15 is 0 Å². The second-order valence-electron chi connectivity index (χ2n) is 6.66. The van der Waals surface area contributed by atoms with Crippen molar-refractivity contribution in [3.05, 3.63) is 47.3 Å². The zero-order chi connectivity index (χ0) is 17.1. The Hall–Kier alpha value is -2.43. The number of hydrogen-bond donors (Lipinski definition) is 1. The van der Waals surface area contributed by atoms with Crippen LogP contribution in [0.4, 0.5) is 11.6 Å². The minimum absolute atomic E-state index is 0.000108. The topological polar surface area (TPSA) is 58.1 Å². The Morgan fingerprint density at radius 2 is 2.04 bits per heavy atom. The minimum Gasteiger partial charge on any atom is -0.337 e. The maximum atomic E-state index is 12.8. The van der Waals surface area contributed by atoms with Gasteiger partial charge in [-0.25, -0.2) is 9.97 Å². The highest BCUT2D eigenvalue weighted by molar-refractivity contribution is 5.92. The molecule has 0 aliphatic carbocycles. The number of hydrogen-bond acceptors (Lipinski definition) is 4. The molecule has 2 heterocycles. The van der Waals surface area contributed by atoms with Gasteiger partial charge in [-0.05, 0) is 50.3 Å². The Kier molecular flexibility index (Phi) is 4.79. The number of amides is 1. The van der Waals surface area contributed by atoms with Crippen LogP contribution in [0.2, 0.25) is 0 Å². The lowest BCUT2D eigenvalue weighted by atomic mass is 10.00. The van der Waals surface area contributed by atoms with Gasteiger partial charge in [-0.2, -0.15) is 0 Å². The average Bonchev–Trinajstić information content (AvgIpc) is 2.56. The van der Waals surface area contributed by atoms with Gasteiger partial charge < -0.3 is 10.2 Å². The van der Waals surface area contributed by atoms with E-state index in [0.29, 0.717) is 17.6 Å². The van der Waals surface area contributed by atoms with E-state index in [1.807, 2.05) is 43.0 Å². The van der Waals surface area contributed by atoms with E-state index < -0.39 is 0 Å². The van der Waals surface area contributed by atoms with Crippen molar-refractivity contribution in [3.8, 4) is 0 Å². The van der Waals surface area contributed by atoms with Gasteiger partial charge in [0, 0.05) is 24.5 Å². The molecule has 1 aromatic carbocycles. The highest BCUT2D eigenvalue weighted by atomic mass is 16.2. The molecule has 1 unspecified atom stereocenters. The first-order valence-corrected chi connectivity index (χ1v) is 8.50. The normalized spacial score (nSPS) is 17.6. The number of para-hydroxylation sites is 1. The molecule has 1 atom stereocenters. The lowest BCUT2D eigenvalue weighted by molar-refractivity contribution is 0.0677. The molecular weight excluding hydrogens is 300 g/mol. The van der Waals surface area contributed by atoms with Gasteiger partial charge in [-0.1, -0.05) is 25.1 Å². The molecule has 1 aliphatic heterocycles. The summed E-state index contributed by atoms with van der Waals surface area (Å²) in [5.74, 6) is 1.02. The molecule has 0 saturated carbocycles. The Bertz CT molecular complexity index is 744. The zero-order valence-corrected chi connectivity index (χ0v) is 14.5. The summed E-state index contributed by atoms with van der Waals surface area (Å²) >= 11 is 0. The van der Waals surface area contributed by atoms with Crippen molar-refractivity contribution >= 4 is 17.5 Å². The van der Waals surface area contributed by atoms with Crippen LogP contribution in [0.25, 0.3) is 0 Å². The Morgan fingerprint density at radius 3 is 2.79 bits per heavy atom. The maximum absolute atomic E-state index is 12.8. The van der Waals surface area contributed by atoms with E-state index in [9.17, 15) is 4.79 Å². The number of benzene rings is 1. The largest absolute Gasteiger partial charge is 0.337 e. The van der Waals surface area contributed by atoms with E-state index in [4.69, 9.17) is 0 Å². The van der Waals surface area contributed by atoms with E-state index in [1.165, 1.54) is 6.42 Å². The molecule has 24 heavy (non-hydrogen) atoms. The molecule has 5 heteroatoms. The molecule has 0 radical (unpaired) electrons. The van der Waals surface area contributed by atoms with Gasteiger partial charge in [0.15, 0.2) is 0 Å². The Morgan fingerprint density at radius 1 is 1.25 bits per heavy atom. The van der Waals surface area contributed by atoms with Crippen molar-refractivity contribution in [2.75, 3.05) is 18.4 Å². The maximum Gasteiger partial charge on any atom is 0.272 e. The summed E-state index contributed by atoms with van der Waals surface area (Å²) in [4.78, 5) is 23.6. The van der Waals surface area contributed by atoms with E-state index in [-0.39, 0.29) is 5.91 Å². The summed E-state index contributed by atoms with van der Waals surface area (Å²) in [7, 11) is 0. The van der Waals surface area contributed by atoms with Crippen LogP contribution in [-0.2, 0) is 0 Å². The molecule has 0 bridgehead atoms. The fraction of sp³-hybridized carbons (Fsp3) is 0.421. The van der Waals surface area contributed by atoms with E-state index in [1.54, 1.807) is 6.07 Å². The molecule has 0 spiro atoms. The highest BCUT2D eigenvalue weighted by Gasteiger charge is 2.23. The first-order valence-electron chi connectivity index (χ1n) is 8.50. The predicted molar refractivity (Wildman–Crippen MR) is 95.5 cm³/mol. The first kappa shape index (κ1) is 16.4. The number of anilines is 2. The molecule has 1 aliphatic rings. The third kappa shape index (κ3) is 3.72. The molecular formula is C19H24N4O. The fourth-order valence-electron chi connectivity index (χ4n) is 3.10. The van der Waals surface area contributed by atoms with Crippen LogP contribution in [0, 0.1) is 19.8 Å². The monoisotopic (exact) mass is 324 g/mol.